The molecule has 2 saturated heterocycles. The van der Waals surface area contributed by atoms with Gasteiger partial charge in [0.05, 0.1) is 23.5 Å². The number of imidazole rings is 2. The molecule has 2 aliphatic heterocycles. The highest BCUT2D eigenvalue weighted by molar-refractivity contribution is 5.87. The molecule has 4 aliphatic rings. The number of benzene rings is 2. The summed E-state index contributed by atoms with van der Waals surface area (Å²) in [5.74, 6) is 2.43. The van der Waals surface area contributed by atoms with Crippen LogP contribution in [0.1, 0.15) is 70.2 Å². The fraction of sp³-hybridized carbons (Fsp3) is 0.417. The summed E-state index contributed by atoms with van der Waals surface area (Å²) in [6.07, 6.45) is 6.50. The lowest BCUT2D eigenvalue weighted by atomic mass is 10.0. The molecule has 0 bridgehead atoms. The van der Waals surface area contributed by atoms with Gasteiger partial charge in [-0.2, -0.15) is 0 Å². The molecule has 11 nitrogen and oxygen atoms in total. The minimum Gasteiger partial charge on any atom is -0.465 e. The highest BCUT2D eigenvalue weighted by Gasteiger charge is 2.56. The molecule has 4 N–H and O–H groups in total. The molecule has 0 radical (unpaired) electrons. The van der Waals surface area contributed by atoms with E-state index in [9.17, 15) is 19.5 Å². The van der Waals surface area contributed by atoms with Crippen LogP contribution in [0.5, 0.6) is 0 Å². The number of nitrogens with one attached hydrogen (secondary N) is 3. The number of fused-ring (bicyclic) bond motifs is 2. The van der Waals surface area contributed by atoms with Crippen LogP contribution in [-0.2, 0) is 9.59 Å². The standard InChI is InChI=1S/C36H39N7O4/c1-18(2)32(41-36(46)47)35(45)43-29-13-25(29)15-31(43)34-38-17-27(40-34)23-10-6-21(7-11-23)20-4-8-22(9-5-20)26-16-37-33(39-26)30-14-24-12-28(24)42(30)19(3)44/h4-11,16-18,24-25,28-32,41H,12-15H2,1-3H3,(H,37,39)(H,38,40)(H,46,47)/t24-,25-,28-,29-,30+,31-,32+/m1/s1. The Hall–Kier alpha value is -4.93. The molecular formula is C36H39N7O4. The molecule has 47 heavy (non-hydrogen) atoms. The average molecular weight is 634 g/mol. The second kappa shape index (κ2) is 11.1. The van der Waals surface area contributed by atoms with Crippen molar-refractivity contribution in [3.8, 4) is 33.6 Å². The molecule has 0 unspecified atom stereocenters. The van der Waals surface area contributed by atoms with E-state index in [2.05, 4.69) is 63.8 Å². The molecule has 8 rings (SSSR count). The third kappa shape index (κ3) is 5.27. The van der Waals surface area contributed by atoms with Gasteiger partial charge < -0.3 is 30.2 Å². The molecule has 4 heterocycles. The molecule has 2 aromatic heterocycles. The topological polar surface area (TPSA) is 147 Å². The number of aromatic amines is 2. The SMILES string of the molecule is CC(=O)N1[C@@H]2C[C@@H]2C[C@H]1c1nc(-c2ccc(-c3ccc(-c4c[nH]c([C@H]5C[C@H]6C[C@H]6N5C(=O)[C@@H](NC(=O)O)C(C)C)n4)cc3)cc2)c[nH]1. The van der Waals surface area contributed by atoms with Crippen molar-refractivity contribution in [2.75, 3.05) is 0 Å². The first-order valence-corrected chi connectivity index (χ1v) is 16.6. The first-order valence-electron chi connectivity index (χ1n) is 16.6. The fourth-order valence-electron chi connectivity index (χ4n) is 7.96. The van der Waals surface area contributed by atoms with Crippen LogP contribution in [-0.4, -0.2) is 70.9 Å². The quantitative estimate of drug-likeness (QED) is 0.194. The molecule has 242 valence electrons. The van der Waals surface area contributed by atoms with Gasteiger partial charge in [0.15, 0.2) is 0 Å². The summed E-state index contributed by atoms with van der Waals surface area (Å²) in [6, 6.07) is 16.2. The predicted octanol–water partition coefficient (Wildman–Crippen LogP) is 5.77. The van der Waals surface area contributed by atoms with Gasteiger partial charge in [-0.3, -0.25) is 9.59 Å². The first-order chi connectivity index (χ1) is 22.7. The van der Waals surface area contributed by atoms with Crippen molar-refractivity contribution in [2.45, 2.75) is 76.7 Å². The largest absolute Gasteiger partial charge is 0.465 e. The Morgan fingerprint density at radius 1 is 0.745 bits per heavy atom. The maximum atomic E-state index is 13.5. The zero-order valence-corrected chi connectivity index (χ0v) is 26.7. The van der Waals surface area contributed by atoms with E-state index in [4.69, 9.17) is 9.97 Å². The average Bonchev–Trinajstić information content (AvgIpc) is 3.66. The molecule has 2 aromatic carbocycles. The smallest absolute Gasteiger partial charge is 0.405 e. The lowest BCUT2D eigenvalue weighted by molar-refractivity contribution is -0.136. The van der Waals surface area contributed by atoms with E-state index in [-0.39, 0.29) is 35.9 Å². The Bertz CT molecular complexity index is 1850. The van der Waals surface area contributed by atoms with Gasteiger partial charge in [-0.15, -0.1) is 0 Å². The fourth-order valence-corrected chi connectivity index (χ4v) is 7.96. The monoisotopic (exact) mass is 633 g/mol. The molecule has 4 fully saturated rings. The summed E-state index contributed by atoms with van der Waals surface area (Å²) in [7, 11) is 0. The maximum absolute atomic E-state index is 13.5. The normalized spacial score (nSPS) is 26.2. The third-order valence-corrected chi connectivity index (χ3v) is 10.6. The number of H-pyrrole nitrogens is 2. The van der Waals surface area contributed by atoms with E-state index < -0.39 is 12.1 Å². The highest BCUT2D eigenvalue weighted by atomic mass is 16.4. The molecule has 0 spiro atoms. The molecular weight excluding hydrogens is 594 g/mol. The number of aromatic nitrogens is 4. The van der Waals surface area contributed by atoms with Gasteiger partial charge in [0.2, 0.25) is 11.8 Å². The van der Waals surface area contributed by atoms with E-state index >= 15 is 0 Å². The van der Waals surface area contributed by atoms with Crippen molar-refractivity contribution in [3.63, 3.8) is 0 Å². The van der Waals surface area contributed by atoms with Crippen molar-refractivity contribution < 1.29 is 19.5 Å². The number of carbonyl (C=O) groups excluding carboxylic acids is 2. The number of piperidine rings is 2. The van der Waals surface area contributed by atoms with Gasteiger partial charge >= 0.3 is 6.09 Å². The van der Waals surface area contributed by atoms with Crippen LogP contribution in [0.4, 0.5) is 4.79 Å². The Morgan fingerprint density at radius 3 is 1.64 bits per heavy atom. The molecule has 11 heteroatoms. The van der Waals surface area contributed by atoms with Crippen molar-refractivity contribution in [2.24, 2.45) is 17.8 Å². The second-order valence-corrected chi connectivity index (χ2v) is 14.0. The molecule has 2 saturated carbocycles. The second-order valence-electron chi connectivity index (χ2n) is 14.0. The van der Waals surface area contributed by atoms with Crippen LogP contribution in [0, 0.1) is 17.8 Å². The van der Waals surface area contributed by atoms with Crippen molar-refractivity contribution in [3.05, 3.63) is 72.6 Å². The lowest BCUT2D eigenvalue weighted by Crippen LogP contribution is -2.51. The van der Waals surface area contributed by atoms with E-state index in [1.807, 2.05) is 36.0 Å². The third-order valence-electron chi connectivity index (χ3n) is 10.6. The van der Waals surface area contributed by atoms with E-state index in [0.29, 0.717) is 17.9 Å². The first kappa shape index (κ1) is 29.5. The summed E-state index contributed by atoms with van der Waals surface area (Å²) in [6.45, 7) is 5.36. The van der Waals surface area contributed by atoms with Crippen molar-refractivity contribution in [1.29, 1.82) is 0 Å². The Balaban J connectivity index is 0.950. The van der Waals surface area contributed by atoms with Gasteiger partial charge in [-0.25, -0.2) is 14.8 Å². The minimum absolute atomic E-state index is 0.0388. The van der Waals surface area contributed by atoms with Crippen LogP contribution in [0.3, 0.4) is 0 Å². The van der Waals surface area contributed by atoms with Gasteiger partial charge in [-0.05, 0) is 54.6 Å². The number of likely N-dealkylation sites (tertiary alicyclic amines) is 2. The van der Waals surface area contributed by atoms with Crippen molar-refractivity contribution in [1.82, 2.24) is 35.1 Å². The van der Waals surface area contributed by atoms with Crippen LogP contribution in [0.25, 0.3) is 33.6 Å². The lowest BCUT2D eigenvalue weighted by Gasteiger charge is -2.31. The summed E-state index contributed by atoms with van der Waals surface area (Å²) in [4.78, 5) is 57.4. The van der Waals surface area contributed by atoms with E-state index in [1.165, 1.54) is 0 Å². The summed E-state index contributed by atoms with van der Waals surface area (Å²) in [5, 5.41) is 11.7. The number of rotatable bonds is 8. The number of nitrogens with zero attached hydrogens (tertiary/aromatic N) is 4. The minimum atomic E-state index is -1.19. The van der Waals surface area contributed by atoms with Crippen LogP contribution in [0.2, 0.25) is 0 Å². The zero-order valence-electron chi connectivity index (χ0n) is 26.7. The number of hydrogen-bond acceptors (Lipinski definition) is 5. The van der Waals surface area contributed by atoms with E-state index in [0.717, 1.165) is 71.0 Å². The maximum Gasteiger partial charge on any atom is 0.405 e. The molecule has 2 aliphatic carbocycles. The van der Waals surface area contributed by atoms with Crippen LogP contribution >= 0.6 is 0 Å². The van der Waals surface area contributed by atoms with Crippen LogP contribution < -0.4 is 5.32 Å². The Labute approximate surface area is 272 Å². The van der Waals surface area contributed by atoms with E-state index in [1.54, 1.807) is 6.92 Å². The van der Waals surface area contributed by atoms with Gasteiger partial charge in [0.25, 0.3) is 0 Å². The van der Waals surface area contributed by atoms with Crippen molar-refractivity contribution >= 4 is 17.9 Å². The Kier molecular flexibility index (Phi) is 6.96. The summed E-state index contributed by atoms with van der Waals surface area (Å²) >= 11 is 0. The summed E-state index contributed by atoms with van der Waals surface area (Å²) in [5.41, 5.74) is 5.83. The number of hydrogen-bond donors (Lipinski definition) is 4. The summed E-state index contributed by atoms with van der Waals surface area (Å²) < 4.78 is 0. The van der Waals surface area contributed by atoms with Gasteiger partial charge in [0.1, 0.15) is 17.7 Å². The number of carbonyl (C=O) groups is 3. The molecule has 7 atom stereocenters. The Morgan fingerprint density at radius 2 is 1.19 bits per heavy atom. The van der Waals surface area contributed by atoms with Crippen LogP contribution in [0.15, 0.2) is 60.9 Å². The number of amides is 3. The predicted molar refractivity (Wildman–Crippen MR) is 175 cm³/mol. The van der Waals surface area contributed by atoms with Gasteiger partial charge in [0, 0.05) is 42.5 Å². The molecule has 3 amide bonds. The van der Waals surface area contributed by atoms with Gasteiger partial charge in [-0.1, -0.05) is 62.4 Å². The number of carboxylic acid groups (broad SMARTS) is 1. The highest BCUT2D eigenvalue weighted by Crippen LogP contribution is 2.54. The molecule has 4 aromatic rings. The zero-order chi connectivity index (χ0) is 32.6.